The van der Waals surface area contributed by atoms with Gasteiger partial charge in [-0.3, -0.25) is 14.4 Å². The van der Waals surface area contributed by atoms with Gasteiger partial charge in [0.2, 0.25) is 11.8 Å². The molecule has 208 valence electrons. The molecule has 4 aromatic rings. The summed E-state index contributed by atoms with van der Waals surface area (Å²) in [5.41, 5.74) is 3.76. The smallest absolute Gasteiger partial charge is 0.338 e. The Labute approximate surface area is 259 Å². The molecule has 3 aliphatic carbocycles. The van der Waals surface area contributed by atoms with Gasteiger partial charge in [-0.25, -0.2) is 9.69 Å². The van der Waals surface area contributed by atoms with Gasteiger partial charge in [0.15, 0.2) is 12.4 Å². The SMILES string of the molecule is O=C(COC(=O)c1ccc(N2C(=O)[C@H]3[C@H](C2=O)C2(Cl)c4ccccc4C3(Cl)c3ccccc32)cc1)c1ccc(Br)cc1. The topological polar surface area (TPSA) is 80.8 Å². The molecule has 4 aliphatic rings. The van der Waals surface area contributed by atoms with E-state index in [1.807, 2.05) is 48.5 Å². The molecule has 0 saturated carbocycles. The van der Waals surface area contributed by atoms with Gasteiger partial charge in [0, 0.05) is 10.0 Å². The predicted octanol–water partition coefficient (Wildman–Crippen LogP) is 6.59. The van der Waals surface area contributed by atoms with Gasteiger partial charge in [0.25, 0.3) is 0 Å². The molecule has 0 aromatic heterocycles. The third-order valence-electron chi connectivity index (χ3n) is 8.45. The molecule has 6 nitrogen and oxygen atoms in total. The first-order valence-corrected chi connectivity index (χ1v) is 14.7. The van der Waals surface area contributed by atoms with Gasteiger partial charge in [-0.1, -0.05) is 76.6 Å². The summed E-state index contributed by atoms with van der Waals surface area (Å²) in [6.07, 6.45) is 0. The number of hydrogen-bond donors (Lipinski definition) is 0. The maximum absolute atomic E-state index is 14.1. The number of benzene rings is 4. The first-order chi connectivity index (χ1) is 20.2. The number of ketones is 1. The molecule has 2 atom stereocenters. The van der Waals surface area contributed by atoms with E-state index in [9.17, 15) is 19.2 Å². The standard InChI is InChI=1S/C33H20BrCl2NO5/c34-20-13-9-18(10-14-20)26(38)17-42-31(41)19-11-15-21(16-12-19)37-29(39)27-28(30(37)40)33(36)23-6-2-1-5-22(23)32(27,35)24-7-3-4-8-25(24)33/h1-16,27-28H,17H2/t27-,28-,32?,33?/m1/s1. The summed E-state index contributed by atoms with van der Waals surface area (Å²) in [6.45, 7) is -0.425. The largest absolute Gasteiger partial charge is 0.454 e. The summed E-state index contributed by atoms with van der Waals surface area (Å²) >= 11 is 18.2. The molecule has 0 radical (unpaired) electrons. The molecule has 0 unspecified atom stereocenters. The molecule has 0 spiro atoms. The van der Waals surface area contributed by atoms with E-state index < -0.39 is 46.0 Å². The highest BCUT2D eigenvalue weighted by Gasteiger charge is 2.73. The van der Waals surface area contributed by atoms with Crippen molar-refractivity contribution in [2.24, 2.45) is 11.8 Å². The van der Waals surface area contributed by atoms with Crippen LogP contribution >= 0.6 is 39.1 Å². The van der Waals surface area contributed by atoms with Crippen LogP contribution < -0.4 is 4.90 Å². The van der Waals surface area contributed by atoms with Crippen LogP contribution in [0, 0.1) is 11.8 Å². The maximum atomic E-state index is 14.1. The fourth-order valence-electron chi connectivity index (χ4n) is 6.60. The summed E-state index contributed by atoms with van der Waals surface area (Å²) in [7, 11) is 0. The Bertz CT molecular complexity index is 1700. The molecule has 1 aliphatic heterocycles. The maximum Gasteiger partial charge on any atom is 0.338 e. The summed E-state index contributed by atoms with van der Waals surface area (Å²) in [4.78, 5) is 51.8. The molecule has 9 heteroatoms. The van der Waals surface area contributed by atoms with Crippen molar-refractivity contribution >= 4 is 68.4 Å². The van der Waals surface area contributed by atoms with Crippen LogP contribution in [0.2, 0.25) is 0 Å². The molecule has 0 N–H and O–H groups in total. The second-order valence-electron chi connectivity index (χ2n) is 10.5. The monoisotopic (exact) mass is 659 g/mol. The predicted molar refractivity (Wildman–Crippen MR) is 161 cm³/mol. The Hall–Kier alpha value is -3.78. The van der Waals surface area contributed by atoms with Crippen molar-refractivity contribution in [3.63, 3.8) is 0 Å². The molecule has 2 amide bonds. The number of alkyl halides is 2. The molecule has 1 fully saturated rings. The van der Waals surface area contributed by atoms with Crippen LogP contribution in [-0.2, 0) is 24.1 Å². The lowest BCUT2D eigenvalue weighted by atomic mass is 9.54. The molecular weight excluding hydrogens is 641 g/mol. The van der Waals surface area contributed by atoms with Gasteiger partial charge in [-0.05, 0) is 58.7 Å². The van der Waals surface area contributed by atoms with Crippen molar-refractivity contribution < 1.29 is 23.9 Å². The third-order valence-corrected chi connectivity index (χ3v) is 10.3. The van der Waals surface area contributed by atoms with Crippen LogP contribution in [-0.4, -0.2) is 30.2 Å². The Morgan fingerprint density at radius 3 is 1.57 bits per heavy atom. The number of halogens is 3. The number of anilines is 1. The zero-order valence-electron chi connectivity index (χ0n) is 21.7. The van der Waals surface area contributed by atoms with Gasteiger partial charge in [-0.15, -0.1) is 23.2 Å². The number of imide groups is 1. The average molecular weight is 661 g/mol. The van der Waals surface area contributed by atoms with E-state index in [0.29, 0.717) is 5.56 Å². The van der Waals surface area contributed by atoms with Crippen molar-refractivity contribution in [1.82, 2.24) is 0 Å². The minimum atomic E-state index is -1.28. The summed E-state index contributed by atoms with van der Waals surface area (Å²) in [5.74, 6) is -3.81. The average Bonchev–Trinajstić information content (AvgIpc) is 3.29. The molecule has 1 saturated heterocycles. The van der Waals surface area contributed by atoms with Crippen molar-refractivity contribution in [3.8, 4) is 0 Å². The van der Waals surface area contributed by atoms with Crippen LogP contribution in [0.25, 0.3) is 0 Å². The second kappa shape index (κ2) is 9.63. The van der Waals surface area contributed by atoms with Crippen LogP contribution in [0.5, 0.6) is 0 Å². The van der Waals surface area contributed by atoms with Crippen molar-refractivity contribution in [3.05, 3.63) is 135 Å². The lowest BCUT2D eigenvalue weighted by Crippen LogP contribution is -2.57. The van der Waals surface area contributed by atoms with Crippen molar-refractivity contribution in [2.75, 3.05) is 11.5 Å². The van der Waals surface area contributed by atoms with Crippen LogP contribution in [0.4, 0.5) is 5.69 Å². The lowest BCUT2D eigenvalue weighted by Gasteiger charge is -2.54. The van der Waals surface area contributed by atoms with Gasteiger partial charge in [0.05, 0.1) is 23.1 Å². The highest BCUT2D eigenvalue weighted by atomic mass is 79.9. The van der Waals surface area contributed by atoms with E-state index in [1.165, 1.54) is 24.3 Å². The van der Waals surface area contributed by atoms with E-state index in [2.05, 4.69) is 15.9 Å². The molecule has 1 heterocycles. The van der Waals surface area contributed by atoms with Gasteiger partial charge in [-0.2, -0.15) is 0 Å². The number of hydrogen-bond acceptors (Lipinski definition) is 5. The molecule has 2 bridgehead atoms. The second-order valence-corrected chi connectivity index (χ2v) is 12.6. The van der Waals surface area contributed by atoms with E-state index >= 15 is 0 Å². The van der Waals surface area contributed by atoms with Crippen LogP contribution in [0.15, 0.2) is 102 Å². The van der Waals surface area contributed by atoms with E-state index in [1.54, 1.807) is 24.3 Å². The Kier molecular flexibility index (Phi) is 6.21. The van der Waals surface area contributed by atoms with E-state index in [0.717, 1.165) is 31.6 Å². The summed E-state index contributed by atoms with van der Waals surface area (Å²) < 4.78 is 6.04. The zero-order chi connectivity index (χ0) is 29.4. The summed E-state index contributed by atoms with van der Waals surface area (Å²) in [5, 5.41) is 0. The Morgan fingerprint density at radius 2 is 1.12 bits per heavy atom. The third kappa shape index (κ3) is 3.63. The number of carbonyl (C=O) groups excluding carboxylic acids is 4. The number of esters is 1. The summed E-state index contributed by atoms with van der Waals surface area (Å²) in [6, 6.07) is 27.5. The number of rotatable bonds is 5. The number of nitrogens with zero attached hydrogens (tertiary/aromatic N) is 1. The van der Waals surface area contributed by atoms with Gasteiger partial charge >= 0.3 is 5.97 Å². The molecule has 8 rings (SSSR count). The minimum absolute atomic E-state index is 0.168. The van der Waals surface area contributed by atoms with Crippen LogP contribution in [0.1, 0.15) is 43.0 Å². The Balaban J connectivity index is 1.18. The van der Waals surface area contributed by atoms with Crippen molar-refractivity contribution in [2.45, 2.75) is 9.75 Å². The molecule has 4 aromatic carbocycles. The first-order valence-electron chi connectivity index (χ1n) is 13.2. The fraction of sp³-hybridized carbons (Fsp3) is 0.152. The number of ether oxygens (including phenoxy) is 1. The lowest BCUT2D eigenvalue weighted by molar-refractivity contribution is -0.122. The molecular formula is C33H20BrCl2NO5. The van der Waals surface area contributed by atoms with Crippen molar-refractivity contribution in [1.29, 1.82) is 0 Å². The zero-order valence-corrected chi connectivity index (χ0v) is 24.8. The van der Waals surface area contributed by atoms with Gasteiger partial charge < -0.3 is 4.74 Å². The van der Waals surface area contributed by atoms with Gasteiger partial charge in [0.1, 0.15) is 9.75 Å². The normalized spacial score (nSPS) is 25.1. The quantitative estimate of drug-likeness (QED) is 0.105. The van der Waals surface area contributed by atoms with E-state index in [4.69, 9.17) is 27.9 Å². The highest BCUT2D eigenvalue weighted by molar-refractivity contribution is 9.10. The van der Waals surface area contributed by atoms with Crippen LogP contribution in [0.3, 0.4) is 0 Å². The molecule has 42 heavy (non-hydrogen) atoms. The number of carbonyl (C=O) groups is 4. The minimum Gasteiger partial charge on any atom is -0.454 e. The number of amides is 2. The highest BCUT2D eigenvalue weighted by Crippen LogP contribution is 2.69. The Morgan fingerprint density at radius 1 is 0.690 bits per heavy atom. The fourth-order valence-corrected chi connectivity index (χ4v) is 7.96. The van der Waals surface area contributed by atoms with E-state index in [-0.39, 0.29) is 17.0 Å². The first kappa shape index (κ1) is 27.1. The number of Topliss-reactive ketones (excluding diaryl/α,β-unsaturated/α-hetero) is 1.